The largest absolute Gasteiger partial charge is 0.287 e. The fourth-order valence-corrected chi connectivity index (χ4v) is 1.05. The summed E-state index contributed by atoms with van der Waals surface area (Å²) >= 11 is 7.61. The van der Waals surface area contributed by atoms with Gasteiger partial charge in [0.15, 0.2) is 5.12 Å². The van der Waals surface area contributed by atoms with Crippen LogP contribution in [0.1, 0.15) is 12.8 Å². The molecule has 0 bridgehead atoms. The van der Waals surface area contributed by atoms with Crippen LogP contribution in [-0.2, 0) is 4.79 Å². The van der Waals surface area contributed by atoms with Gasteiger partial charge in [0.1, 0.15) is 0 Å². The van der Waals surface area contributed by atoms with Crippen LogP contribution >= 0.6 is 25.3 Å². The molecule has 0 aromatic heterocycles. The lowest BCUT2D eigenvalue weighted by Gasteiger charge is -2.00. The van der Waals surface area contributed by atoms with Gasteiger partial charge in [0.05, 0.1) is 0 Å². The molecular formula is C6H8OS2. The van der Waals surface area contributed by atoms with E-state index in [1.54, 1.807) is 0 Å². The molecule has 0 spiro atoms. The molecule has 0 fully saturated rings. The summed E-state index contributed by atoms with van der Waals surface area (Å²) in [6, 6.07) is 0. The van der Waals surface area contributed by atoms with Crippen LogP contribution in [0.5, 0.6) is 0 Å². The van der Waals surface area contributed by atoms with Crippen LogP contribution in [0.2, 0.25) is 0 Å². The quantitative estimate of drug-likeness (QED) is 0.468. The minimum atomic E-state index is -0.162. The lowest BCUT2D eigenvalue weighted by atomic mass is 10.2. The van der Waals surface area contributed by atoms with Crippen LogP contribution in [0.4, 0.5) is 0 Å². The summed E-state index contributed by atoms with van der Waals surface area (Å²) in [7, 11) is 0. The van der Waals surface area contributed by atoms with E-state index in [1.165, 1.54) is 0 Å². The zero-order chi connectivity index (χ0) is 7.28. The van der Waals surface area contributed by atoms with E-state index in [2.05, 4.69) is 31.2 Å². The van der Waals surface area contributed by atoms with Crippen LogP contribution in [0.3, 0.4) is 0 Å². The smallest absolute Gasteiger partial charge is 0.187 e. The number of terminal acetylenes is 1. The average Bonchev–Trinajstić information content (AvgIpc) is 1.63. The van der Waals surface area contributed by atoms with Gasteiger partial charge < -0.3 is 0 Å². The Morgan fingerprint density at radius 1 is 1.78 bits per heavy atom. The van der Waals surface area contributed by atoms with E-state index in [1.807, 2.05) is 0 Å². The minimum absolute atomic E-state index is 0.0278. The van der Waals surface area contributed by atoms with Gasteiger partial charge in [0, 0.05) is 18.1 Å². The Kier molecular flexibility index (Phi) is 4.74. The SMILES string of the molecule is C#CCC(S)CC(=O)S. The maximum Gasteiger partial charge on any atom is 0.187 e. The number of rotatable bonds is 3. The molecule has 50 valence electrons. The third-order valence-corrected chi connectivity index (χ3v) is 1.31. The van der Waals surface area contributed by atoms with Gasteiger partial charge in [-0.1, -0.05) is 0 Å². The van der Waals surface area contributed by atoms with E-state index in [-0.39, 0.29) is 10.4 Å². The summed E-state index contributed by atoms with van der Waals surface area (Å²) in [5, 5.41) is -0.190. The summed E-state index contributed by atoms with van der Waals surface area (Å²) < 4.78 is 0. The Hall–Kier alpha value is -0.0700. The Balaban J connectivity index is 3.40. The summed E-state index contributed by atoms with van der Waals surface area (Å²) in [4.78, 5) is 10.3. The molecule has 0 aliphatic rings. The number of hydrogen-bond acceptors (Lipinski definition) is 2. The number of carbonyl (C=O) groups excluding carboxylic acids is 1. The number of carbonyl (C=O) groups is 1. The van der Waals surface area contributed by atoms with Crippen LogP contribution in [0, 0.1) is 12.3 Å². The number of hydrogen-bond donors (Lipinski definition) is 2. The van der Waals surface area contributed by atoms with E-state index in [0.717, 1.165) is 0 Å². The first-order chi connectivity index (χ1) is 4.16. The predicted molar refractivity (Wildman–Crippen MR) is 44.8 cm³/mol. The third kappa shape index (κ3) is 5.81. The Morgan fingerprint density at radius 3 is 2.67 bits per heavy atom. The molecule has 0 N–H and O–H groups in total. The third-order valence-electron chi connectivity index (χ3n) is 0.764. The van der Waals surface area contributed by atoms with Crippen LogP contribution in [0.25, 0.3) is 0 Å². The summed E-state index contributed by atoms with van der Waals surface area (Å²) in [6.07, 6.45) is 5.84. The molecule has 0 aliphatic heterocycles. The maximum absolute atomic E-state index is 10.3. The van der Waals surface area contributed by atoms with Crippen LogP contribution in [0.15, 0.2) is 0 Å². The van der Waals surface area contributed by atoms with Crippen molar-refractivity contribution in [1.82, 2.24) is 0 Å². The van der Waals surface area contributed by atoms with Crippen LogP contribution in [-0.4, -0.2) is 10.4 Å². The highest BCUT2D eigenvalue weighted by atomic mass is 32.1. The monoisotopic (exact) mass is 160 g/mol. The molecule has 1 nitrogen and oxygen atoms in total. The van der Waals surface area contributed by atoms with Crippen molar-refractivity contribution in [2.24, 2.45) is 0 Å². The zero-order valence-electron chi connectivity index (χ0n) is 4.87. The maximum atomic E-state index is 10.3. The molecular weight excluding hydrogens is 152 g/mol. The molecule has 3 heteroatoms. The van der Waals surface area contributed by atoms with Gasteiger partial charge in [-0.15, -0.1) is 25.0 Å². The summed E-state index contributed by atoms with van der Waals surface area (Å²) in [6.45, 7) is 0. The van der Waals surface area contributed by atoms with E-state index >= 15 is 0 Å². The molecule has 0 amide bonds. The fourth-order valence-electron chi connectivity index (χ4n) is 0.410. The average molecular weight is 160 g/mol. The van der Waals surface area contributed by atoms with Gasteiger partial charge >= 0.3 is 0 Å². The lowest BCUT2D eigenvalue weighted by Crippen LogP contribution is -2.01. The molecule has 0 radical (unpaired) electrons. The van der Waals surface area contributed by atoms with Crippen molar-refractivity contribution in [3.05, 3.63) is 0 Å². The molecule has 1 unspecified atom stereocenters. The Morgan fingerprint density at radius 2 is 2.33 bits per heavy atom. The fraction of sp³-hybridized carbons (Fsp3) is 0.500. The first-order valence-corrected chi connectivity index (χ1v) is 3.46. The van der Waals surface area contributed by atoms with Gasteiger partial charge in [-0.05, 0) is 0 Å². The zero-order valence-corrected chi connectivity index (χ0v) is 6.66. The molecule has 1 atom stereocenters. The van der Waals surface area contributed by atoms with Gasteiger partial charge in [-0.25, -0.2) is 0 Å². The van der Waals surface area contributed by atoms with Crippen molar-refractivity contribution in [1.29, 1.82) is 0 Å². The van der Waals surface area contributed by atoms with E-state index in [9.17, 15) is 4.79 Å². The van der Waals surface area contributed by atoms with Gasteiger partial charge in [-0.3, -0.25) is 4.79 Å². The highest BCUT2D eigenvalue weighted by Crippen LogP contribution is 2.06. The normalized spacial score (nSPS) is 12.1. The highest BCUT2D eigenvalue weighted by molar-refractivity contribution is 7.96. The molecule has 0 saturated carbocycles. The van der Waals surface area contributed by atoms with Crippen molar-refractivity contribution in [2.45, 2.75) is 18.1 Å². The minimum Gasteiger partial charge on any atom is -0.287 e. The lowest BCUT2D eigenvalue weighted by molar-refractivity contribution is -0.110. The van der Waals surface area contributed by atoms with E-state index in [4.69, 9.17) is 6.42 Å². The van der Waals surface area contributed by atoms with Gasteiger partial charge in [0.25, 0.3) is 0 Å². The standard InChI is InChI=1S/C6H8OS2/c1-2-3-5(8)4-6(7)9/h1,5,8H,3-4H2,(H,7,9). The first kappa shape index (κ1) is 8.93. The molecule has 0 aromatic rings. The van der Waals surface area contributed by atoms with Crippen molar-refractivity contribution in [2.75, 3.05) is 0 Å². The Labute approximate surface area is 66.0 Å². The molecule has 0 saturated heterocycles. The molecule has 0 rings (SSSR count). The predicted octanol–water partition coefficient (Wildman–Crippen LogP) is 1.15. The summed E-state index contributed by atoms with van der Waals surface area (Å²) in [5.41, 5.74) is 0. The second-order valence-corrected chi connectivity index (χ2v) is 2.89. The van der Waals surface area contributed by atoms with E-state index < -0.39 is 0 Å². The van der Waals surface area contributed by atoms with Crippen molar-refractivity contribution in [3.63, 3.8) is 0 Å². The van der Waals surface area contributed by atoms with Gasteiger partial charge in [-0.2, -0.15) is 12.6 Å². The van der Waals surface area contributed by atoms with Crippen molar-refractivity contribution >= 4 is 30.4 Å². The highest BCUT2D eigenvalue weighted by Gasteiger charge is 2.03. The summed E-state index contributed by atoms with van der Waals surface area (Å²) in [5.74, 6) is 2.41. The second kappa shape index (κ2) is 4.78. The molecule has 0 aliphatic carbocycles. The molecule has 0 heterocycles. The van der Waals surface area contributed by atoms with Gasteiger partial charge in [0.2, 0.25) is 0 Å². The molecule has 0 aromatic carbocycles. The first-order valence-electron chi connectivity index (χ1n) is 2.50. The topological polar surface area (TPSA) is 17.1 Å². The molecule has 9 heavy (non-hydrogen) atoms. The Bertz CT molecular complexity index is 136. The van der Waals surface area contributed by atoms with Crippen molar-refractivity contribution < 1.29 is 4.79 Å². The van der Waals surface area contributed by atoms with Crippen molar-refractivity contribution in [3.8, 4) is 12.3 Å². The van der Waals surface area contributed by atoms with Crippen LogP contribution < -0.4 is 0 Å². The second-order valence-electron chi connectivity index (χ2n) is 1.66. The van der Waals surface area contributed by atoms with E-state index in [0.29, 0.717) is 12.8 Å². The number of thiol groups is 2.